The number of hydrogen-bond donors (Lipinski definition) is 2. The zero-order valence-electron chi connectivity index (χ0n) is 17.7. The molecule has 0 aliphatic carbocycles. The molecule has 0 bridgehead atoms. The van der Waals surface area contributed by atoms with Gasteiger partial charge in [0, 0.05) is 10.2 Å². The van der Waals surface area contributed by atoms with E-state index in [1.54, 1.807) is 32.9 Å². The number of alkyl carbamates (subject to hydrolysis) is 1. The van der Waals surface area contributed by atoms with Crippen LogP contribution >= 0.6 is 27.7 Å². The van der Waals surface area contributed by atoms with Gasteiger partial charge in [-0.25, -0.2) is 4.79 Å². The molecule has 1 aromatic heterocycles. The average Bonchev–Trinajstić information content (AvgIpc) is 3.13. The van der Waals surface area contributed by atoms with Gasteiger partial charge in [0.1, 0.15) is 11.6 Å². The molecule has 1 heterocycles. The van der Waals surface area contributed by atoms with Gasteiger partial charge in [0.15, 0.2) is 0 Å². The van der Waals surface area contributed by atoms with E-state index in [0.29, 0.717) is 5.69 Å². The first-order valence-corrected chi connectivity index (χ1v) is 11.4. The number of benzene rings is 1. The lowest BCUT2D eigenvalue weighted by Gasteiger charge is -2.24. The van der Waals surface area contributed by atoms with Crippen molar-refractivity contribution in [2.24, 2.45) is 5.92 Å². The third-order valence-corrected chi connectivity index (χ3v) is 5.38. The largest absolute Gasteiger partial charge is 0.444 e. The number of rotatable bonds is 8. The molecule has 0 saturated carbocycles. The molecule has 0 saturated heterocycles. The maximum absolute atomic E-state index is 12.2. The summed E-state index contributed by atoms with van der Waals surface area (Å²) in [6, 6.07) is 6.82. The molecule has 0 aliphatic rings. The molecular formula is C20H27BrN4O4S. The van der Waals surface area contributed by atoms with Gasteiger partial charge < -0.3 is 19.8 Å². The third-order valence-electron chi connectivity index (χ3n) is 4.03. The number of aromatic nitrogens is 2. The maximum Gasteiger partial charge on any atom is 0.408 e. The Labute approximate surface area is 189 Å². The van der Waals surface area contributed by atoms with Gasteiger partial charge in [0.05, 0.1) is 5.75 Å². The van der Waals surface area contributed by atoms with E-state index in [2.05, 4.69) is 36.8 Å². The van der Waals surface area contributed by atoms with Crippen molar-refractivity contribution in [3.8, 4) is 0 Å². The normalized spacial score (nSPS) is 13.4. The van der Waals surface area contributed by atoms with Crippen LogP contribution in [0, 0.1) is 5.92 Å². The summed E-state index contributed by atoms with van der Waals surface area (Å²) in [6.45, 7) is 9.38. The molecule has 1 aromatic carbocycles. The Balaban J connectivity index is 1.96. The SMILES string of the molecule is CC[C@H](C)[C@H](NC(=O)OC(C)(C)C)c1nnc(SCC(=O)Nc2ccc(Br)cc2)o1. The highest BCUT2D eigenvalue weighted by Crippen LogP contribution is 2.27. The van der Waals surface area contributed by atoms with Crippen LogP contribution in [0.5, 0.6) is 0 Å². The van der Waals surface area contributed by atoms with Crippen LogP contribution in [0.2, 0.25) is 0 Å². The van der Waals surface area contributed by atoms with Crippen LogP contribution in [0.1, 0.15) is 53.0 Å². The molecule has 2 atom stereocenters. The molecule has 0 unspecified atom stereocenters. The monoisotopic (exact) mass is 498 g/mol. The standard InChI is InChI=1S/C20H27BrN4O4S/c1-6-12(2)16(23-18(27)29-20(3,4)5)17-24-25-19(28-17)30-11-15(26)22-14-9-7-13(21)8-10-14/h7-10,12,16H,6,11H2,1-5H3,(H,22,26)(H,23,27)/t12-,16-/m0/s1. The van der Waals surface area contributed by atoms with Gasteiger partial charge in [0.25, 0.3) is 5.22 Å². The average molecular weight is 499 g/mol. The van der Waals surface area contributed by atoms with Crippen LogP contribution in [0.15, 0.2) is 38.4 Å². The van der Waals surface area contributed by atoms with Crippen LogP contribution in [-0.4, -0.2) is 33.6 Å². The minimum Gasteiger partial charge on any atom is -0.444 e. The smallest absolute Gasteiger partial charge is 0.408 e. The lowest BCUT2D eigenvalue weighted by Crippen LogP contribution is -2.37. The number of carbonyl (C=O) groups is 2. The second-order valence-corrected chi connectivity index (χ2v) is 9.60. The van der Waals surface area contributed by atoms with E-state index in [-0.39, 0.29) is 28.7 Å². The molecule has 2 rings (SSSR count). The van der Waals surface area contributed by atoms with Crippen molar-refractivity contribution in [2.75, 3.05) is 11.1 Å². The van der Waals surface area contributed by atoms with E-state index in [1.165, 1.54) is 0 Å². The summed E-state index contributed by atoms with van der Waals surface area (Å²) in [5, 5.41) is 13.9. The number of hydrogen-bond acceptors (Lipinski definition) is 7. The van der Waals surface area contributed by atoms with Crippen LogP contribution in [0.4, 0.5) is 10.5 Å². The minimum absolute atomic E-state index is 0.0523. The van der Waals surface area contributed by atoms with Crippen molar-refractivity contribution in [2.45, 2.75) is 57.9 Å². The first kappa shape index (κ1) is 24.2. The Hall–Kier alpha value is -2.07. The topological polar surface area (TPSA) is 106 Å². The summed E-state index contributed by atoms with van der Waals surface area (Å²) in [4.78, 5) is 24.3. The van der Waals surface area contributed by atoms with Gasteiger partial charge in [0.2, 0.25) is 11.8 Å². The lowest BCUT2D eigenvalue weighted by molar-refractivity contribution is -0.113. The molecular weight excluding hydrogens is 472 g/mol. The van der Waals surface area contributed by atoms with Gasteiger partial charge in [-0.1, -0.05) is 48.0 Å². The van der Waals surface area contributed by atoms with Crippen LogP contribution in [0.3, 0.4) is 0 Å². The number of anilines is 1. The minimum atomic E-state index is -0.609. The fourth-order valence-electron chi connectivity index (χ4n) is 2.38. The highest BCUT2D eigenvalue weighted by Gasteiger charge is 2.28. The van der Waals surface area contributed by atoms with E-state index >= 15 is 0 Å². The first-order valence-electron chi connectivity index (χ1n) is 9.58. The van der Waals surface area contributed by atoms with Gasteiger partial charge >= 0.3 is 6.09 Å². The predicted octanol–water partition coefficient (Wildman–Crippen LogP) is 5.17. The first-order chi connectivity index (χ1) is 14.1. The van der Waals surface area contributed by atoms with E-state index in [1.807, 2.05) is 26.0 Å². The molecule has 164 valence electrons. The summed E-state index contributed by atoms with van der Waals surface area (Å²) >= 11 is 4.48. The highest BCUT2D eigenvalue weighted by molar-refractivity contribution is 9.10. The van der Waals surface area contributed by atoms with Crippen LogP contribution < -0.4 is 10.6 Å². The van der Waals surface area contributed by atoms with Gasteiger partial charge in [-0.2, -0.15) is 0 Å². The molecule has 0 spiro atoms. The number of ether oxygens (including phenoxy) is 1. The van der Waals surface area contributed by atoms with Crippen molar-refractivity contribution >= 4 is 45.4 Å². The molecule has 8 nitrogen and oxygen atoms in total. The van der Waals surface area contributed by atoms with Gasteiger partial charge in [-0.15, -0.1) is 10.2 Å². The van der Waals surface area contributed by atoms with Crippen LogP contribution in [-0.2, 0) is 9.53 Å². The van der Waals surface area contributed by atoms with Crippen LogP contribution in [0.25, 0.3) is 0 Å². The second kappa shape index (κ2) is 10.8. The van der Waals surface area contributed by atoms with E-state index < -0.39 is 17.7 Å². The number of nitrogens with zero attached hydrogens (tertiary/aromatic N) is 2. The number of amides is 2. The molecule has 2 amide bonds. The van der Waals surface area contributed by atoms with Gasteiger partial charge in [-0.3, -0.25) is 4.79 Å². The van der Waals surface area contributed by atoms with E-state index in [4.69, 9.17) is 9.15 Å². The molecule has 0 fully saturated rings. The number of nitrogens with one attached hydrogen (secondary N) is 2. The summed E-state index contributed by atoms with van der Waals surface area (Å²) in [5.74, 6) is 0.264. The lowest BCUT2D eigenvalue weighted by atomic mass is 9.99. The Kier molecular flexibility index (Phi) is 8.72. The summed E-state index contributed by atoms with van der Waals surface area (Å²) in [7, 11) is 0. The maximum atomic E-state index is 12.2. The van der Waals surface area contributed by atoms with Crippen molar-refractivity contribution < 1.29 is 18.7 Å². The molecule has 2 aromatic rings. The second-order valence-electron chi connectivity index (χ2n) is 7.76. The zero-order chi connectivity index (χ0) is 22.3. The third kappa shape index (κ3) is 7.98. The molecule has 0 radical (unpaired) electrons. The number of thioether (sulfide) groups is 1. The molecule has 2 N–H and O–H groups in total. The van der Waals surface area contributed by atoms with E-state index in [9.17, 15) is 9.59 Å². The summed E-state index contributed by atoms with van der Waals surface area (Å²) < 4.78 is 12.0. The Morgan fingerprint density at radius 3 is 2.50 bits per heavy atom. The zero-order valence-corrected chi connectivity index (χ0v) is 20.1. The van der Waals surface area contributed by atoms with Crippen molar-refractivity contribution in [1.29, 1.82) is 0 Å². The fourth-order valence-corrected chi connectivity index (χ4v) is 3.21. The Morgan fingerprint density at radius 1 is 1.23 bits per heavy atom. The van der Waals surface area contributed by atoms with Gasteiger partial charge in [-0.05, 0) is 51.0 Å². The van der Waals surface area contributed by atoms with Crippen molar-refractivity contribution in [3.05, 3.63) is 34.6 Å². The Bertz CT molecular complexity index is 851. The fraction of sp³-hybridized carbons (Fsp3) is 0.500. The number of halogens is 1. The van der Waals surface area contributed by atoms with Crippen molar-refractivity contribution in [1.82, 2.24) is 15.5 Å². The summed E-state index contributed by atoms with van der Waals surface area (Å²) in [6.07, 6.45) is 0.245. The number of carbonyl (C=O) groups excluding carboxylic acids is 2. The van der Waals surface area contributed by atoms with E-state index in [0.717, 1.165) is 22.7 Å². The van der Waals surface area contributed by atoms with Crippen molar-refractivity contribution in [3.63, 3.8) is 0 Å². The molecule has 30 heavy (non-hydrogen) atoms. The molecule has 0 aliphatic heterocycles. The quantitative estimate of drug-likeness (QED) is 0.483. The summed E-state index contributed by atoms with van der Waals surface area (Å²) in [5.41, 5.74) is 0.0932. The highest BCUT2D eigenvalue weighted by atomic mass is 79.9. The predicted molar refractivity (Wildman–Crippen MR) is 119 cm³/mol. The molecule has 10 heteroatoms. The Morgan fingerprint density at radius 2 is 1.90 bits per heavy atom.